The fourth-order valence-electron chi connectivity index (χ4n) is 0.915. The molecule has 0 radical (unpaired) electrons. The summed E-state index contributed by atoms with van der Waals surface area (Å²) in [5, 5.41) is 11.3. The Kier molecular flexibility index (Phi) is 4.10. The van der Waals surface area contributed by atoms with E-state index in [9.17, 15) is 4.39 Å². The van der Waals surface area contributed by atoms with Gasteiger partial charge >= 0.3 is 0 Å². The van der Waals surface area contributed by atoms with Gasteiger partial charge in [0.05, 0.1) is 12.6 Å². The van der Waals surface area contributed by atoms with Crippen LogP contribution >= 0.6 is 12.4 Å². The Balaban J connectivity index is 0.000000640. The van der Waals surface area contributed by atoms with Crippen LogP contribution in [0.2, 0.25) is 0 Å². The maximum absolute atomic E-state index is 12.4. The lowest BCUT2D eigenvalue weighted by molar-refractivity contribution is 0.196. The molecule has 9 heavy (non-hydrogen) atoms. The lowest BCUT2D eigenvalue weighted by atomic mass is 10.2. The van der Waals surface area contributed by atoms with Gasteiger partial charge in [0, 0.05) is 0 Å². The third-order valence-corrected chi connectivity index (χ3v) is 1.46. The molecule has 2 N–H and O–H groups in total. The number of aliphatic hydroxyl groups excluding tert-OH is 1. The molecule has 1 aliphatic heterocycles. The van der Waals surface area contributed by atoms with Crippen molar-refractivity contribution < 1.29 is 9.50 Å². The summed E-state index contributed by atoms with van der Waals surface area (Å²) in [6.45, 7) is 0.619. The summed E-state index contributed by atoms with van der Waals surface area (Å²) in [5.41, 5.74) is 0. The van der Waals surface area contributed by atoms with E-state index in [0.717, 1.165) is 0 Å². The normalized spacial score (nSPS) is 34.0. The molecule has 0 spiro atoms. The predicted molar refractivity (Wildman–Crippen MR) is 35.6 cm³/mol. The maximum Gasteiger partial charge on any atom is 0.119 e. The fraction of sp³-hybridized carbons (Fsp3) is 1.00. The molecular formula is C5H11ClFNO. The van der Waals surface area contributed by atoms with E-state index in [0.29, 0.717) is 13.0 Å². The highest BCUT2D eigenvalue weighted by atomic mass is 35.5. The van der Waals surface area contributed by atoms with Gasteiger partial charge in [-0.1, -0.05) is 0 Å². The average Bonchev–Trinajstić information content (AvgIpc) is 2.14. The largest absolute Gasteiger partial charge is 0.395 e. The molecule has 1 aliphatic rings. The van der Waals surface area contributed by atoms with E-state index in [-0.39, 0.29) is 25.1 Å². The second-order valence-electron chi connectivity index (χ2n) is 2.05. The van der Waals surface area contributed by atoms with Crippen molar-refractivity contribution in [2.24, 2.45) is 0 Å². The molecule has 56 valence electrons. The first-order chi connectivity index (χ1) is 3.84. The van der Waals surface area contributed by atoms with Crippen LogP contribution < -0.4 is 5.32 Å². The van der Waals surface area contributed by atoms with Gasteiger partial charge in [-0.15, -0.1) is 12.4 Å². The Bertz CT molecular complexity index is 83.4. The molecule has 2 nitrogen and oxygen atoms in total. The van der Waals surface area contributed by atoms with Crippen LogP contribution in [0.1, 0.15) is 6.42 Å². The van der Waals surface area contributed by atoms with Gasteiger partial charge in [0.15, 0.2) is 0 Å². The van der Waals surface area contributed by atoms with Crippen molar-refractivity contribution in [3.63, 3.8) is 0 Å². The monoisotopic (exact) mass is 155 g/mol. The summed E-state index contributed by atoms with van der Waals surface area (Å²) in [7, 11) is 0. The van der Waals surface area contributed by atoms with Gasteiger partial charge in [-0.2, -0.15) is 0 Å². The van der Waals surface area contributed by atoms with Crippen LogP contribution in [0.25, 0.3) is 0 Å². The van der Waals surface area contributed by atoms with Crippen LogP contribution in [0.3, 0.4) is 0 Å². The fourth-order valence-corrected chi connectivity index (χ4v) is 0.915. The standard InChI is InChI=1S/C5H10FNO.ClH/c6-4-1-2-7-5(4)3-8;/h4-5,7-8H,1-3H2;1H. The van der Waals surface area contributed by atoms with Crippen LogP contribution in [0.15, 0.2) is 0 Å². The van der Waals surface area contributed by atoms with Crippen molar-refractivity contribution in [1.29, 1.82) is 0 Å². The van der Waals surface area contributed by atoms with Gasteiger partial charge in [0.2, 0.25) is 0 Å². The quantitative estimate of drug-likeness (QED) is 0.563. The van der Waals surface area contributed by atoms with Crippen LogP contribution in [0.4, 0.5) is 4.39 Å². The Morgan fingerprint density at radius 2 is 2.33 bits per heavy atom. The summed E-state index contributed by atoms with van der Waals surface area (Å²) in [6.07, 6.45) is -0.286. The van der Waals surface area contributed by atoms with Crippen molar-refractivity contribution in [2.75, 3.05) is 13.2 Å². The Morgan fingerprint density at radius 1 is 1.67 bits per heavy atom. The molecule has 1 fully saturated rings. The molecule has 0 aromatic heterocycles. The van der Waals surface area contributed by atoms with Crippen molar-refractivity contribution in [3.05, 3.63) is 0 Å². The molecule has 1 rings (SSSR count). The van der Waals surface area contributed by atoms with Gasteiger partial charge in [0.1, 0.15) is 6.17 Å². The van der Waals surface area contributed by atoms with Crippen molar-refractivity contribution >= 4 is 12.4 Å². The number of alkyl halides is 1. The van der Waals surface area contributed by atoms with E-state index in [1.807, 2.05) is 0 Å². The molecule has 0 aromatic rings. The van der Waals surface area contributed by atoms with E-state index >= 15 is 0 Å². The molecule has 0 saturated carbocycles. The number of halogens is 2. The second-order valence-corrected chi connectivity index (χ2v) is 2.05. The zero-order valence-electron chi connectivity index (χ0n) is 5.01. The minimum absolute atomic E-state index is 0. The molecule has 2 atom stereocenters. The zero-order chi connectivity index (χ0) is 5.98. The second kappa shape index (κ2) is 4.04. The van der Waals surface area contributed by atoms with Gasteiger partial charge in [-0.25, -0.2) is 4.39 Å². The Hall–Kier alpha value is 0.140. The SMILES string of the molecule is Cl.OCC1NCCC1F. The highest BCUT2D eigenvalue weighted by Crippen LogP contribution is 2.09. The summed E-state index contributed by atoms with van der Waals surface area (Å²) in [6, 6.07) is -0.296. The minimum Gasteiger partial charge on any atom is -0.395 e. The summed E-state index contributed by atoms with van der Waals surface area (Å²) in [4.78, 5) is 0. The third-order valence-electron chi connectivity index (χ3n) is 1.46. The molecule has 2 unspecified atom stereocenters. The molecular weight excluding hydrogens is 145 g/mol. The van der Waals surface area contributed by atoms with E-state index in [2.05, 4.69) is 5.32 Å². The first kappa shape index (κ1) is 9.14. The third kappa shape index (κ3) is 2.08. The molecule has 4 heteroatoms. The molecule has 0 bridgehead atoms. The van der Waals surface area contributed by atoms with Gasteiger partial charge in [-0.05, 0) is 13.0 Å². The summed E-state index contributed by atoms with van der Waals surface area (Å²) < 4.78 is 12.4. The molecule has 0 aromatic carbocycles. The Morgan fingerprint density at radius 3 is 2.56 bits per heavy atom. The highest BCUT2D eigenvalue weighted by Gasteiger charge is 2.24. The Labute approximate surface area is 59.9 Å². The maximum atomic E-state index is 12.4. The van der Waals surface area contributed by atoms with E-state index in [4.69, 9.17) is 5.11 Å². The summed E-state index contributed by atoms with van der Waals surface area (Å²) >= 11 is 0. The lowest BCUT2D eigenvalue weighted by Crippen LogP contribution is -2.31. The average molecular weight is 156 g/mol. The van der Waals surface area contributed by atoms with Crippen molar-refractivity contribution in [2.45, 2.75) is 18.6 Å². The molecule has 0 aliphatic carbocycles. The van der Waals surface area contributed by atoms with Crippen LogP contribution in [-0.4, -0.2) is 30.5 Å². The van der Waals surface area contributed by atoms with Crippen LogP contribution in [0.5, 0.6) is 0 Å². The number of hydrogen-bond donors (Lipinski definition) is 2. The van der Waals surface area contributed by atoms with Gasteiger partial charge in [-0.3, -0.25) is 0 Å². The number of rotatable bonds is 1. The number of hydrogen-bond acceptors (Lipinski definition) is 2. The van der Waals surface area contributed by atoms with E-state index in [1.54, 1.807) is 0 Å². The highest BCUT2D eigenvalue weighted by molar-refractivity contribution is 5.85. The van der Waals surface area contributed by atoms with E-state index < -0.39 is 6.17 Å². The smallest absolute Gasteiger partial charge is 0.119 e. The van der Waals surface area contributed by atoms with Crippen molar-refractivity contribution in [3.8, 4) is 0 Å². The topological polar surface area (TPSA) is 32.3 Å². The molecule has 1 heterocycles. The number of nitrogens with one attached hydrogen (secondary N) is 1. The lowest BCUT2D eigenvalue weighted by Gasteiger charge is -2.06. The van der Waals surface area contributed by atoms with Crippen molar-refractivity contribution in [1.82, 2.24) is 5.32 Å². The predicted octanol–water partition coefficient (Wildman–Crippen LogP) is 0.101. The first-order valence-electron chi connectivity index (χ1n) is 2.83. The molecule has 0 amide bonds. The van der Waals surface area contributed by atoms with Crippen LogP contribution in [0, 0.1) is 0 Å². The van der Waals surface area contributed by atoms with Gasteiger partial charge in [0.25, 0.3) is 0 Å². The molecule has 1 saturated heterocycles. The summed E-state index contributed by atoms with van der Waals surface area (Å²) in [5.74, 6) is 0. The van der Waals surface area contributed by atoms with E-state index in [1.165, 1.54) is 0 Å². The first-order valence-corrected chi connectivity index (χ1v) is 2.83. The minimum atomic E-state index is -0.833. The van der Waals surface area contributed by atoms with Gasteiger partial charge < -0.3 is 10.4 Å². The zero-order valence-corrected chi connectivity index (χ0v) is 5.83. The number of aliphatic hydroxyl groups is 1. The van der Waals surface area contributed by atoms with Crippen LogP contribution in [-0.2, 0) is 0 Å².